The van der Waals surface area contributed by atoms with Crippen LogP contribution in [0.5, 0.6) is 5.75 Å². The lowest BCUT2D eigenvalue weighted by molar-refractivity contribution is -0.136. The van der Waals surface area contributed by atoms with E-state index in [0.717, 1.165) is 36.3 Å². The van der Waals surface area contributed by atoms with Crippen molar-refractivity contribution < 1.29 is 14.6 Å². The zero-order valence-electron chi connectivity index (χ0n) is 18.2. The molecular formula is C25H22Cl2N4O3. The monoisotopic (exact) mass is 496 g/mol. The van der Waals surface area contributed by atoms with E-state index in [1.165, 1.54) is 0 Å². The van der Waals surface area contributed by atoms with Crippen molar-refractivity contribution in [3.63, 3.8) is 0 Å². The van der Waals surface area contributed by atoms with E-state index >= 15 is 0 Å². The maximum absolute atomic E-state index is 11.0. The Morgan fingerprint density at radius 2 is 2.09 bits per heavy atom. The number of rotatable bonds is 7. The molecule has 2 aromatic heterocycles. The van der Waals surface area contributed by atoms with Gasteiger partial charge in [-0.3, -0.25) is 4.79 Å². The molecule has 1 fully saturated rings. The molecular weight excluding hydrogens is 475 g/mol. The fraction of sp³-hybridized carbons (Fsp3) is 0.240. The molecule has 9 heteroatoms. The first-order chi connectivity index (χ1) is 16.5. The number of ether oxygens (including phenoxy) is 1. The van der Waals surface area contributed by atoms with Crippen molar-refractivity contribution in [1.82, 2.24) is 14.5 Å². The molecule has 0 spiro atoms. The van der Waals surface area contributed by atoms with Crippen LogP contribution in [0.25, 0.3) is 16.6 Å². The standard InChI is InChI=1S/C25H22Cl2N4O3/c26-20-7-6-19-21(30-10-8-28-15-30)13-22(29-25(19)24(20)27)31-9-2-4-17(31)14-34-18-5-1-3-16(11-18)12-23(32)33/h1,3,5-8,10-11,13,15,17H,2,4,9,12,14H2,(H,32,33)/t17-/m0/s1. The van der Waals surface area contributed by atoms with Gasteiger partial charge >= 0.3 is 5.97 Å². The van der Waals surface area contributed by atoms with Gasteiger partial charge in [-0.05, 0) is 42.7 Å². The minimum absolute atomic E-state index is 0.0336. The third-order valence-corrected chi connectivity index (χ3v) is 6.78. The summed E-state index contributed by atoms with van der Waals surface area (Å²) in [6.07, 6.45) is 7.29. The number of carboxylic acids is 1. The number of imidazole rings is 1. The summed E-state index contributed by atoms with van der Waals surface area (Å²) in [7, 11) is 0. The van der Waals surface area contributed by atoms with Crippen LogP contribution in [0.2, 0.25) is 10.0 Å². The molecule has 0 bridgehead atoms. The van der Waals surface area contributed by atoms with E-state index in [-0.39, 0.29) is 12.5 Å². The summed E-state index contributed by atoms with van der Waals surface area (Å²) < 4.78 is 8.01. The summed E-state index contributed by atoms with van der Waals surface area (Å²) >= 11 is 12.9. The highest BCUT2D eigenvalue weighted by molar-refractivity contribution is 6.45. The molecule has 1 saturated heterocycles. The molecule has 4 aromatic rings. The Kier molecular flexibility index (Phi) is 6.30. The van der Waals surface area contributed by atoms with Crippen LogP contribution in [0.3, 0.4) is 0 Å². The zero-order chi connectivity index (χ0) is 23.7. The largest absolute Gasteiger partial charge is 0.491 e. The van der Waals surface area contributed by atoms with Gasteiger partial charge in [0, 0.05) is 30.4 Å². The van der Waals surface area contributed by atoms with Crippen LogP contribution < -0.4 is 9.64 Å². The Balaban J connectivity index is 1.45. The van der Waals surface area contributed by atoms with Crippen molar-refractivity contribution in [3.05, 3.63) is 76.8 Å². The summed E-state index contributed by atoms with van der Waals surface area (Å²) in [5, 5.41) is 10.8. The summed E-state index contributed by atoms with van der Waals surface area (Å²) in [6, 6.07) is 13.1. The Morgan fingerprint density at radius 1 is 1.21 bits per heavy atom. The van der Waals surface area contributed by atoms with Crippen molar-refractivity contribution in [3.8, 4) is 11.4 Å². The predicted molar refractivity (Wildman–Crippen MR) is 133 cm³/mol. The number of halogens is 2. The van der Waals surface area contributed by atoms with Crippen LogP contribution in [-0.2, 0) is 11.2 Å². The Bertz CT molecular complexity index is 1340. The lowest BCUT2D eigenvalue weighted by Crippen LogP contribution is -2.35. The van der Waals surface area contributed by atoms with Gasteiger partial charge in [-0.25, -0.2) is 9.97 Å². The van der Waals surface area contributed by atoms with Gasteiger partial charge in [0.2, 0.25) is 0 Å². The molecule has 0 unspecified atom stereocenters. The van der Waals surface area contributed by atoms with Crippen LogP contribution in [0.4, 0.5) is 5.82 Å². The molecule has 7 nitrogen and oxygen atoms in total. The van der Waals surface area contributed by atoms with Crippen LogP contribution in [0, 0.1) is 0 Å². The minimum atomic E-state index is -0.867. The van der Waals surface area contributed by atoms with Crippen LogP contribution >= 0.6 is 23.2 Å². The normalized spacial score (nSPS) is 15.7. The van der Waals surface area contributed by atoms with Crippen LogP contribution in [-0.4, -0.2) is 44.8 Å². The maximum Gasteiger partial charge on any atom is 0.307 e. The first-order valence-electron chi connectivity index (χ1n) is 11.0. The highest BCUT2D eigenvalue weighted by Crippen LogP contribution is 2.36. The molecule has 5 rings (SSSR count). The van der Waals surface area contributed by atoms with Crippen molar-refractivity contribution in [2.45, 2.75) is 25.3 Å². The Labute approximate surface area is 206 Å². The van der Waals surface area contributed by atoms with Gasteiger partial charge in [-0.2, -0.15) is 0 Å². The average molecular weight is 497 g/mol. The van der Waals surface area contributed by atoms with Gasteiger partial charge in [-0.1, -0.05) is 35.3 Å². The first kappa shape index (κ1) is 22.5. The number of carbonyl (C=O) groups is 1. The second kappa shape index (κ2) is 9.52. The van der Waals surface area contributed by atoms with Crippen molar-refractivity contribution in [1.29, 1.82) is 0 Å². The molecule has 3 heterocycles. The summed E-state index contributed by atoms with van der Waals surface area (Å²) in [4.78, 5) is 22.3. The van der Waals surface area contributed by atoms with Crippen molar-refractivity contribution in [2.24, 2.45) is 0 Å². The average Bonchev–Trinajstić information content (AvgIpc) is 3.52. The predicted octanol–water partition coefficient (Wildman–Crippen LogP) is 5.40. The number of aromatic nitrogens is 3. The summed E-state index contributed by atoms with van der Waals surface area (Å²) in [5.74, 6) is 0.589. The smallest absolute Gasteiger partial charge is 0.307 e. The third kappa shape index (κ3) is 4.54. The van der Waals surface area contributed by atoms with Crippen LogP contribution in [0.1, 0.15) is 18.4 Å². The van der Waals surface area contributed by atoms with Gasteiger partial charge in [0.1, 0.15) is 18.2 Å². The summed E-state index contributed by atoms with van der Waals surface area (Å²) in [5.41, 5.74) is 2.27. The maximum atomic E-state index is 11.0. The molecule has 0 aliphatic carbocycles. The van der Waals surface area contributed by atoms with Crippen LogP contribution in [0.15, 0.2) is 61.2 Å². The van der Waals surface area contributed by atoms with E-state index in [4.69, 9.17) is 38.0 Å². The topological polar surface area (TPSA) is 80.5 Å². The highest BCUT2D eigenvalue weighted by atomic mass is 35.5. The number of benzene rings is 2. The number of carboxylic acid groups (broad SMARTS) is 1. The SMILES string of the molecule is O=C(O)Cc1cccc(OC[C@@H]2CCCN2c2cc(-n3ccnc3)c3ccc(Cl)c(Cl)c3n2)c1. The molecule has 174 valence electrons. The molecule has 1 atom stereocenters. The van der Waals surface area contributed by atoms with Gasteiger partial charge in [0.15, 0.2) is 0 Å². The quantitative estimate of drug-likeness (QED) is 0.368. The number of nitrogens with zero attached hydrogens (tertiary/aromatic N) is 4. The van der Waals surface area contributed by atoms with Gasteiger partial charge in [0.05, 0.1) is 40.0 Å². The number of fused-ring (bicyclic) bond motifs is 1. The number of hydrogen-bond donors (Lipinski definition) is 1. The highest BCUT2D eigenvalue weighted by Gasteiger charge is 2.28. The number of anilines is 1. The lowest BCUT2D eigenvalue weighted by atomic mass is 10.1. The Morgan fingerprint density at radius 3 is 2.88 bits per heavy atom. The van der Waals surface area contributed by atoms with E-state index in [9.17, 15) is 4.79 Å². The molecule has 2 aromatic carbocycles. The number of pyridine rings is 1. The number of aliphatic carboxylic acids is 1. The lowest BCUT2D eigenvalue weighted by Gasteiger charge is -2.27. The van der Waals surface area contributed by atoms with Gasteiger partial charge in [-0.15, -0.1) is 0 Å². The van der Waals surface area contributed by atoms with E-state index in [1.807, 2.05) is 35.0 Å². The minimum Gasteiger partial charge on any atom is -0.491 e. The fourth-order valence-corrected chi connectivity index (χ4v) is 4.75. The second-order valence-corrected chi connectivity index (χ2v) is 9.03. The Hall–Kier alpha value is -3.29. The van der Waals surface area contributed by atoms with Gasteiger partial charge < -0.3 is 19.3 Å². The van der Waals surface area contributed by atoms with E-state index in [1.54, 1.807) is 30.7 Å². The van der Waals surface area contributed by atoms with E-state index < -0.39 is 5.97 Å². The van der Waals surface area contributed by atoms with Crippen molar-refractivity contribution in [2.75, 3.05) is 18.1 Å². The molecule has 1 aliphatic heterocycles. The fourth-order valence-electron chi connectivity index (χ4n) is 4.39. The van der Waals surface area contributed by atoms with E-state index in [0.29, 0.717) is 33.5 Å². The summed E-state index contributed by atoms with van der Waals surface area (Å²) in [6.45, 7) is 1.30. The molecule has 1 aliphatic rings. The number of hydrogen-bond acceptors (Lipinski definition) is 5. The zero-order valence-corrected chi connectivity index (χ0v) is 19.7. The molecule has 1 N–H and O–H groups in total. The second-order valence-electron chi connectivity index (χ2n) is 8.25. The molecule has 0 saturated carbocycles. The van der Waals surface area contributed by atoms with Gasteiger partial charge in [0.25, 0.3) is 0 Å². The third-order valence-electron chi connectivity index (χ3n) is 5.99. The molecule has 0 amide bonds. The van der Waals surface area contributed by atoms with Crippen molar-refractivity contribution >= 4 is 45.9 Å². The molecule has 0 radical (unpaired) electrons. The van der Waals surface area contributed by atoms with E-state index in [2.05, 4.69) is 9.88 Å². The molecule has 34 heavy (non-hydrogen) atoms. The first-order valence-corrected chi connectivity index (χ1v) is 11.7.